The molecular weight excluding hydrogens is 381 g/mol. The largest absolute Gasteiger partial charge is 0.478 e. The van der Waals surface area contributed by atoms with Crippen LogP contribution in [0.3, 0.4) is 0 Å². The van der Waals surface area contributed by atoms with E-state index in [0.29, 0.717) is 17.2 Å². The van der Waals surface area contributed by atoms with Crippen LogP contribution >= 0.6 is 0 Å². The lowest BCUT2D eigenvalue weighted by atomic mass is 10.1. The van der Waals surface area contributed by atoms with Gasteiger partial charge >= 0.3 is 5.97 Å². The molecule has 6 heteroatoms. The first kappa shape index (κ1) is 19.4. The molecule has 1 aromatic heterocycles. The van der Waals surface area contributed by atoms with Crippen molar-refractivity contribution in [1.82, 2.24) is 9.78 Å². The highest BCUT2D eigenvalue weighted by molar-refractivity contribution is 5.95. The van der Waals surface area contributed by atoms with Crippen LogP contribution in [0.4, 0.5) is 15.9 Å². The first-order valence-corrected chi connectivity index (χ1v) is 9.60. The third kappa shape index (κ3) is 3.80. The Morgan fingerprint density at radius 2 is 1.73 bits per heavy atom. The standard InChI is InChI=1S/C24H20FN3O2/c1-2-16-7-3-6-10-22(16)28-23(26-20-9-5-4-8-19(20)24(29)30)15-21(27-28)17-11-13-18(25)14-12-17/h3-15,26H,2H2,1H3,(H,29,30). The lowest BCUT2D eigenvalue weighted by Gasteiger charge is -2.14. The second-order valence-electron chi connectivity index (χ2n) is 6.79. The van der Waals surface area contributed by atoms with Crippen LogP contribution in [0.1, 0.15) is 22.8 Å². The SMILES string of the molecule is CCc1ccccc1-n1nc(-c2ccc(F)cc2)cc1Nc1ccccc1C(=O)O. The van der Waals surface area contributed by atoms with E-state index >= 15 is 0 Å². The number of para-hydroxylation sites is 2. The van der Waals surface area contributed by atoms with E-state index in [1.807, 2.05) is 30.3 Å². The molecule has 1 heterocycles. The van der Waals surface area contributed by atoms with E-state index in [1.54, 1.807) is 41.1 Å². The summed E-state index contributed by atoms with van der Waals surface area (Å²) in [5, 5.41) is 17.5. The Balaban J connectivity index is 1.86. The van der Waals surface area contributed by atoms with Crippen molar-refractivity contribution < 1.29 is 14.3 Å². The predicted octanol–water partition coefficient (Wildman–Crippen LogP) is 5.68. The van der Waals surface area contributed by atoms with Crippen molar-refractivity contribution in [1.29, 1.82) is 0 Å². The molecule has 0 aliphatic rings. The minimum Gasteiger partial charge on any atom is -0.478 e. The van der Waals surface area contributed by atoms with E-state index in [-0.39, 0.29) is 11.4 Å². The van der Waals surface area contributed by atoms with E-state index in [9.17, 15) is 14.3 Å². The molecule has 0 radical (unpaired) electrons. The number of nitrogens with zero attached hydrogens (tertiary/aromatic N) is 2. The smallest absolute Gasteiger partial charge is 0.337 e. The summed E-state index contributed by atoms with van der Waals surface area (Å²) in [5.74, 6) is -0.718. The number of carboxylic acids is 1. The Labute approximate surface area is 173 Å². The van der Waals surface area contributed by atoms with E-state index in [1.165, 1.54) is 12.1 Å². The molecule has 3 aromatic carbocycles. The molecule has 4 rings (SSSR count). The predicted molar refractivity (Wildman–Crippen MR) is 115 cm³/mol. The molecule has 0 aliphatic heterocycles. The van der Waals surface area contributed by atoms with Gasteiger partial charge in [0.05, 0.1) is 22.6 Å². The molecule has 30 heavy (non-hydrogen) atoms. The van der Waals surface area contributed by atoms with Crippen molar-refractivity contribution in [3.63, 3.8) is 0 Å². The monoisotopic (exact) mass is 401 g/mol. The number of carbonyl (C=O) groups is 1. The van der Waals surface area contributed by atoms with Gasteiger partial charge in [-0.2, -0.15) is 5.10 Å². The van der Waals surface area contributed by atoms with Gasteiger partial charge < -0.3 is 10.4 Å². The van der Waals surface area contributed by atoms with Crippen LogP contribution in [-0.4, -0.2) is 20.9 Å². The van der Waals surface area contributed by atoms with Crippen LogP contribution in [0.25, 0.3) is 16.9 Å². The quantitative estimate of drug-likeness (QED) is 0.436. The zero-order valence-corrected chi connectivity index (χ0v) is 16.3. The first-order chi connectivity index (χ1) is 14.6. The fourth-order valence-electron chi connectivity index (χ4n) is 3.35. The molecule has 150 valence electrons. The molecule has 4 aromatic rings. The lowest BCUT2D eigenvalue weighted by molar-refractivity contribution is 0.0698. The highest BCUT2D eigenvalue weighted by Gasteiger charge is 2.16. The van der Waals surface area contributed by atoms with Gasteiger partial charge in [-0.15, -0.1) is 0 Å². The van der Waals surface area contributed by atoms with Gasteiger partial charge in [-0.3, -0.25) is 0 Å². The number of benzene rings is 3. The number of hydrogen-bond acceptors (Lipinski definition) is 3. The summed E-state index contributed by atoms with van der Waals surface area (Å²) in [6.45, 7) is 2.07. The molecule has 0 saturated heterocycles. The van der Waals surface area contributed by atoms with Gasteiger partial charge in [-0.05, 0) is 54.4 Å². The van der Waals surface area contributed by atoms with Crippen LogP contribution in [0.15, 0.2) is 78.9 Å². The third-order valence-corrected chi connectivity index (χ3v) is 4.87. The summed E-state index contributed by atoms with van der Waals surface area (Å²) >= 11 is 0. The van der Waals surface area contributed by atoms with E-state index in [0.717, 1.165) is 23.2 Å². The number of hydrogen-bond donors (Lipinski definition) is 2. The second kappa shape index (κ2) is 8.21. The fourth-order valence-corrected chi connectivity index (χ4v) is 3.35. The summed E-state index contributed by atoms with van der Waals surface area (Å²) < 4.78 is 15.1. The van der Waals surface area contributed by atoms with Gasteiger partial charge in [0, 0.05) is 11.6 Å². The van der Waals surface area contributed by atoms with Gasteiger partial charge in [-0.25, -0.2) is 13.9 Å². The molecule has 0 amide bonds. The van der Waals surface area contributed by atoms with Gasteiger partial charge in [0.15, 0.2) is 0 Å². The van der Waals surface area contributed by atoms with E-state index in [4.69, 9.17) is 5.10 Å². The molecule has 0 bridgehead atoms. The molecule has 2 N–H and O–H groups in total. The van der Waals surface area contributed by atoms with Crippen LogP contribution in [0, 0.1) is 5.82 Å². The molecule has 0 unspecified atom stereocenters. The van der Waals surface area contributed by atoms with Crippen LogP contribution in [-0.2, 0) is 6.42 Å². The Hall–Kier alpha value is -3.93. The molecule has 0 saturated carbocycles. The van der Waals surface area contributed by atoms with E-state index < -0.39 is 5.97 Å². The minimum absolute atomic E-state index is 0.164. The van der Waals surface area contributed by atoms with Crippen molar-refractivity contribution >= 4 is 17.5 Å². The highest BCUT2D eigenvalue weighted by Crippen LogP contribution is 2.30. The Morgan fingerprint density at radius 3 is 2.47 bits per heavy atom. The minimum atomic E-state index is -1.02. The molecule has 0 spiro atoms. The maximum atomic E-state index is 13.4. The first-order valence-electron chi connectivity index (χ1n) is 9.60. The average Bonchev–Trinajstić information content (AvgIpc) is 3.18. The second-order valence-corrected chi connectivity index (χ2v) is 6.79. The molecule has 0 atom stereocenters. The normalized spacial score (nSPS) is 10.7. The van der Waals surface area contributed by atoms with Crippen molar-refractivity contribution in [2.75, 3.05) is 5.32 Å². The number of aryl methyl sites for hydroxylation is 1. The molecule has 0 aliphatic carbocycles. The summed E-state index contributed by atoms with van der Waals surface area (Å²) in [7, 11) is 0. The number of nitrogens with one attached hydrogen (secondary N) is 1. The zero-order chi connectivity index (χ0) is 21.1. The summed E-state index contributed by atoms with van der Waals surface area (Å²) in [6, 6.07) is 22.6. The fraction of sp³-hybridized carbons (Fsp3) is 0.0833. The maximum Gasteiger partial charge on any atom is 0.337 e. The average molecular weight is 401 g/mol. The third-order valence-electron chi connectivity index (χ3n) is 4.87. The summed E-state index contributed by atoms with van der Waals surface area (Å²) in [5.41, 5.74) is 4.03. The topological polar surface area (TPSA) is 67.2 Å². The van der Waals surface area contributed by atoms with Gasteiger partial charge in [0.1, 0.15) is 11.6 Å². The van der Waals surface area contributed by atoms with Crippen molar-refractivity contribution in [2.45, 2.75) is 13.3 Å². The Bertz CT molecular complexity index is 1200. The zero-order valence-electron chi connectivity index (χ0n) is 16.3. The number of aromatic nitrogens is 2. The van der Waals surface area contributed by atoms with Gasteiger partial charge in [0.2, 0.25) is 0 Å². The highest BCUT2D eigenvalue weighted by atomic mass is 19.1. The van der Waals surface area contributed by atoms with Gasteiger partial charge in [-0.1, -0.05) is 37.3 Å². The van der Waals surface area contributed by atoms with Crippen LogP contribution < -0.4 is 5.32 Å². The molecular formula is C24H20FN3O2. The Kier molecular flexibility index (Phi) is 5.30. The number of anilines is 2. The number of rotatable bonds is 6. The van der Waals surface area contributed by atoms with Gasteiger partial charge in [0.25, 0.3) is 0 Å². The van der Waals surface area contributed by atoms with Crippen molar-refractivity contribution in [3.05, 3.63) is 95.8 Å². The number of halogens is 1. The number of carboxylic acid groups (broad SMARTS) is 1. The summed E-state index contributed by atoms with van der Waals surface area (Å²) in [6.07, 6.45) is 0.813. The Morgan fingerprint density at radius 1 is 1.03 bits per heavy atom. The van der Waals surface area contributed by atoms with Crippen LogP contribution in [0.5, 0.6) is 0 Å². The lowest BCUT2D eigenvalue weighted by Crippen LogP contribution is -2.08. The maximum absolute atomic E-state index is 13.4. The number of aromatic carboxylic acids is 1. The molecule has 0 fully saturated rings. The summed E-state index contributed by atoms with van der Waals surface area (Å²) in [4.78, 5) is 11.6. The van der Waals surface area contributed by atoms with E-state index in [2.05, 4.69) is 12.2 Å². The van der Waals surface area contributed by atoms with Crippen molar-refractivity contribution in [2.24, 2.45) is 0 Å². The molecule has 5 nitrogen and oxygen atoms in total. The van der Waals surface area contributed by atoms with Crippen LogP contribution in [0.2, 0.25) is 0 Å². The van der Waals surface area contributed by atoms with Crippen molar-refractivity contribution in [3.8, 4) is 16.9 Å².